The molecule has 0 spiro atoms. The molecule has 0 aliphatic carbocycles. The number of halogens is 2. The molecule has 0 atom stereocenters. The zero-order chi connectivity index (χ0) is 22.0. The highest BCUT2D eigenvalue weighted by Crippen LogP contribution is 2.23. The fraction of sp³-hybridized carbons (Fsp3) is 0.261. The Labute approximate surface area is 184 Å². The van der Waals surface area contributed by atoms with E-state index in [4.69, 9.17) is 11.6 Å². The molecule has 1 aliphatic heterocycles. The molecule has 0 N–H and O–H groups in total. The Morgan fingerprint density at radius 1 is 1.06 bits per heavy atom. The number of rotatable bonds is 4. The average Bonchev–Trinajstić information content (AvgIpc) is 2.77. The fourth-order valence-corrected chi connectivity index (χ4v) is 3.74. The average molecular weight is 441 g/mol. The summed E-state index contributed by atoms with van der Waals surface area (Å²) < 4.78 is 14.7. The van der Waals surface area contributed by atoms with E-state index in [9.17, 15) is 14.0 Å². The van der Waals surface area contributed by atoms with E-state index in [1.165, 1.54) is 23.0 Å². The molecule has 1 amide bonds. The molecule has 6 nitrogen and oxygen atoms in total. The third-order valence-corrected chi connectivity index (χ3v) is 5.72. The topological polar surface area (TPSA) is 58.4 Å². The first-order chi connectivity index (χ1) is 14.9. The van der Waals surface area contributed by atoms with Gasteiger partial charge in [0.05, 0.1) is 17.0 Å². The lowest BCUT2D eigenvalue weighted by Gasteiger charge is -2.36. The summed E-state index contributed by atoms with van der Waals surface area (Å²) in [6.45, 7) is 4.17. The van der Waals surface area contributed by atoms with Gasteiger partial charge in [0.1, 0.15) is 12.4 Å². The summed E-state index contributed by atoms with van der Waals surface area (Å²) in [7, 11) is 0. The number of aromatic nitrogens is 2. The van der Waals surface area contributed by atoms with Crippen LogP contribution in [0.4, 0.5) is 10.1 Å². The van der Waals surface area contributed by atoms with Crippen molar-refractivity contribution >= 4 is 23.2 Å². The second-order valence-electron chi connectivity index (χ2n) is 7.57. The molecule has 1 fully saturated rings. The number of piperazine rings is 1. The third kappa shape index (κ3) is 4.77. The lowest BCUT2D eigenvalue weighted by molar-refractivity contribution is -0.132. The summed E-state index contributed by atoms with van der Waals surface area (Å²) in [6.07, 6.45) is 1.42. The Bertz CT molecular complexity index is 1150. The van der Waals surface area contributed by atoms with Gasteiger partial charge in [-0.2, -0.15) is 0 Å². The number of amides is 1. The number of carbonyl (C=O) groups is 1. The molecular weight excluding hydrogens is 419 g/mol. The number of carbonyl (C=O) groups excluding carboxylic acids is 1. The smallest absolute Gasteiger partial charge is 0.254 e. The second-order valence-corrected chi connectivity index (χ2v) is 7.98. The summed E-state index contributed by atoms with van der Waals surface area (Å²) in [5.41, 5.74) is 3.13. The van der Waals surface area contributed by atoms with Crippen LogP contribution in [0.15, 0.2) is 59.7 Å². The van der Waals surface area contributed by atoms with Gasteiger partial charge in [-0.1, -0.05) is 41.4 Å². The number of anilines is 1. The number of hydrogen-bond acceptors (Lipinski definition) is 4. The predicted octanol–water partition coefficient (Wildman–Crippen LogP) is 3.36. The largest absolute Gasteiger partial charge is 0.368 e. The first-order valence-corrected chi connectivity index (χ1v) is 10.4. The molecule has 3 aromatic rings. The summed E-state index contributed by atoms with van der Waals surface area (Å²) in [5, 5.41) is 0.0805. The van der Waals surface area contributed by atoms with Crippen LogP contribution < -0.4 is 10.5 Å². The first-order valence-electron chi connectivity index (χ1n) is 10.0. The summed E-state index contributed by atoms with van der Waals surface area (Å²) in [5.74, 6) is -0.588. The van der Waals surface area contributed by atoms with Gasteiger partial charge in [-0.25, -0.2) is 9.37 Å². The summed E-state index contributed by atoms with van der Waals surface area (Å²) >= 11 is 5.87. The van der Waals surface area contributed by atoms with Crippen molar-refractivity contribution in [2.75, 3.05) is 31.1 Å². The number of benzene rings is 2. The van der Waals surface area contributed by atoms with Gasteiger partial charge in [-0.3, -0.25) is 14.2 Å². The van der Waals surface area contributed by atoms with Gasteiger partial charge in [-0.05, 0) is 25.1 Å². The number of hydrogen-bond donors (Lipinski definition) is 0. The van der Waals surface area contributed by atoms with Gasteiger partial charge in [0.25, 0.3) is 5.56 Å². The molecule has 8 heteroatoms. The monoisotopic (exact) mass is 440 g/mol. The number of aryl methyl sites for hydroxylation is 1. The zero-order valence-electron chi connectivity index (χ0n) is 17.1. The molecule has 0 saturated carbocycles. The zero-order valence-corrected chi connectivity index (χ0v) is 17.8. The van der Waals surface area contributed by atoms with Gasteiger partial charge >= 0.3 is 0 Å². The van der Waals surface area contributed by atoms with Crippen molar-refractivity contribution in [2.24, 2.45) is 0 Å². The van der Waals surface area contributed by atoms with Gasteiger partial charge in [0.15, 0.2) is 0 Å². The van der Waals surface area contributed by atoms with Crippen LogP contribution in [0, 0.1) is 12.7 Å². The van der Waals surface area contributed by atoms with E-state index in [1.807, 2.05) is 31.2 Å². The minimum absolute atomic E-state index is 0.0532. The molecule has 160 valence electrons. The highest BCUT2D eigenvalue weighted by Gasteiger charge is 2.22. The van der Waals surface area contributed by atoms with Crippen molar-refractivity contribution in [3.63, 3.8) is 0 Å². The van der Waals surface area contributed by atoms with Crippen molar-refractivity contribution in [3.05, 3.63) is 81.6 Å². The van der Waals surface area contributed by atoms with E-state index in [0.717, 1.165) is 16.8 Å². The normalized spacial score (nSPS) is 14.0. The van der Waals surface area contributed by atoms with Crippen LogP contribution in [-0.2, 0) is 11.3 Å². The Kier molecular flexibility index (Phi) is 6.04. The lowest BCUT2D eigenvalue weighted by atomic mass is 10.1. The van der Waals surface area contributed by atoms with E-state index in [1.54, 1.807) is 17.0 Å². The summed E-state index contributed by atoms with van der Waals surface area (Å²) in [4.78, 5) is 33.3. The van der Waals surface area contributed by atoms with Gasteiger partial charge in [0, 0.05) is 43.5 Å². The molecule has 31 heavy (non-hydrogen) atoms. The van der Waals surface area contributed by atoms with Crippen molar-refractivity contribution in [2.45, 2.75) is 13.5 Å². The molecule has 1 aliphatic rings. The van der Waals surface area contributed by atoms with Gasteiger partial charge in [-0.15, -0.1) is 0 Å². The second kappa shape index (κ2) is 8.89. The molecule has 2 aromatic carbocycles. The lowest BCUT2D eigenvalue weighted by Crippen LogP contribution is -2.50. The Morgan fingerprint density at radius 2 is 1.77 bits per heavy atom. The highest BCUT2D eigenvalue weighted by molar-refractivity contribution is 6.31. The molecule has 1 saturated heterocycles. The van der Waals surface area contributed by atoms with Gasteiger partial charge in [0.2, 0.25) is 5.91 Å². The van der Waals surface area contributed by atoms with Crippen LogP contribution in [0.5, 0.6) is 0 Å². The Morgan fingerprint density at radius 3 is 2.42 bits per heavy atom. The van der Waals surface area contributed by atoms with Gasteiger partial charge < -0.3 is 9.80 Å². The van der Waals surface area contributed by atoms with Crippen LogP contribution in [0.1, 0.15) is 5.56 Å². The highest BCUT2D eigenvalue weighted by atomic mass is 35.5. The first kappa shape index (κ1) is 21.1. The van der Waals surface area contributed by atoms with E-state index < -0.39 is 5.82 Å². The molecule has 4 rings (SSSR count). The predicted molar refractivity (Wildman–Crippen MR) is 119 cm³/mol. The van der Waals surface area contributed by atoms with Crippen LogP contribution in [0.25, 0.3) is 11.3 Å². The maximum absolute atomic E-state index is 13.4. The minimum Gasteiger partial charge on any atom is -0.368 e. The molecule has 0 unspecified atom stereocenters. The van der Waals surface area contributed by atoms with Crippen LogP contribution in [0.3, 0.4) is 0 Å². The summed E-state index contributed by atoms with van der Waals surface area (Å²) in [6, 6.07) is 13.8. The van der Waals surface area contributed by atoms with Crippen molar-refractivity contribution in [1.29, 1.82) is 0 Å². The molecule has 2 heterocycles. The Balaban J connectivity index is 1.38. The van der Waals surface area contributed by atoms with Crippen molar-refractivity contribution in [3.8, 4) is 11.3 Å². The molecular formula is C23H22ClFN4O2. The van der Waals surface area contributed by atoms with Crippen LogP contribution in [-0.4, -0.2) is 46.5 Å². The maximum atomic E-state index is 13.4. The minimum atomic E-state index is -0.452. The number of nitrogens with zero attached hydrogens (tertiary/aromatic N) is 4. The van der Waals surface area contributed by atoms with E-state index in [-0.39, 0.29) is 23.0 Å². The Hall–Kier alpha value is -3.19. The standard InChI is InChI=1S/C23H22ClFN4O2/c1-16-2-4-17(5-3-16)21-13-22(30)29(15-26-21)14-23(31)28-10-8-27(9-11-28)18-6-7-20(25)19(24)12-18/h2-7,12-13,15H,8-11,14H2,1H3. The quantitative estimate of drug-likeness (QED) is 0.624. The van der Waals surface area contributed by atoms with E-state index in [0.29, 0.717) is 31.9 Å². The third-order valence-electron chi connectivity index (χ3n) is 5.43. The molecule has 0 radical (unpaired) electrons. The molecule has 1 aromatic heterocycles. The fourth-order valence-electron chi connectivity index (χ4n) is 3.57. The van der Waals surface area contributed by atoms with E-state index in [2.05, 4.69) is 9.88 Å². The van der Waals surface area contributed by atoms with Crippen molar-refractivity contribution in [1.82, 2.24) is 14.5 Å². The van der Waals surface area contributed by atoms with Crippen LogP contribution in [0.2, 0.25) is 5.02 Å². The van der Waals surface area contributed by atoms with Crippen molar-refractivity contribution < 1.29 is 9.18 Å². The van der Waals surface area contributed by atoms with Crippen LogP contribution >= 0.6 is 11.6 Å². The molecule has 0 bridgehead atoms. The van der Waals surface area contributed by atoms with E-state index >= 15 is 0 Å². The maximum Gasteiger partial charge on any atom is 0.254 e. The SMILES string of the molecule is Cc1ccc(-c2cc(=O)n(CC(=O)N3CCN(c4ccc(F)c(Cl)c4)CC3)cn2)cc1.